The lowest BCUT2D eigenvalue weighted by Crippen LogP contribution is -2.46. The number of guanidine groups is 1. The van der Waals surface area contributed by atoms with E-state index in [-0.39, 0.29) is 12.1 Å². The summed E-state index contributed by atoms with van der Waals surface area (Å²) in [4.78, 5) is 3.99. The quantitative estimate of drug-likeness (QED) is 0.407. The van der Waals surface area contributed by atoms with Gasteiger partial charge >= 0.3 is 0 Å². The topological polar surface area (TPSA) is 79.8 Å². The maximum atomic E-state index is 11.1. The van der Waals surface area contributed by atoms with E-state index in [0.29, 0.717) is 5.96 Å². The zero-order valence-corrected chi connectivity index (χ0v) is 10.7. The second-order valence-corrected chi connectivity index (χ2v) is 5.44. The van der Waals surface area contributed by atoms with Gasteiger partial charge in [-0.2, -0.15) is 8.42 Å². The molecule has 0 aromatic heterocycles. The Hall–Kier alpha value is -0.820. The van der Waals surface area contributed by atoms with E-state index in [1.807, 2.05) is 0 Å². The first-order valence-electron chi connectivity index (χ1n) is 5.25. The van der Waals surface area contributed by atoms with Crippen molar-refractivity contribution < 1.29 is 12.6 Å². The maximum absolute atomic E-state index is 11.1. The molecule has 0 aromatic rings. The fourth-order valence-electron chi connectivity index (χ4n) is 1.85. The van der Waals surface area contributed by atoms with Gasteiger partial charge in [0, 0.05) is 14.1 Å². The highest BCUT2D eigenvalue weighted by Gasteiger charge is 2.31. The van der Waals surface area contributed by atoms with E-state index in [4.69, 9.17) is 4.18 Å². The molecular weight excluding hydrogens is 230 g/mol. The van der Waals surface area contributed by atoms with E-state index in [9.17, 15) is 8.42 Å². The van der Waals surface area contributed by atoms with Crippen LogP contribution in [0.5, 0.6) is 0 Å². The molecule has 0 heterocycles. The van der Waals surface area contributed by atoms with Crippen molar-refractivity contribution in [1.29, 1.82) is 0 Å². The Morgan fingerprint density at radius 1 is 1.44 bits per heavy atom. The number of hydrogen-bond acceptors (Lipinski definition) is 4. The summed E-state index contributed by atoms with van der Waals surface area (Å²) < 4.78 is 27.2. The van der Waals surface area contributed by atoms with Gasteiger partial charge in [-0.25, -0.2) is 0 Å². The highest BCUT2D eigenvalue weighted by molar-refractivity contribution is 7.86. The Balaban J connectivity index is 2.59. The van der Waals surface area contributed by atoms with E-state index >= 15 is 0 Å². The molecule has 6 nitrogen and oxygen atoms in total. The van der Waals surface area contributed by atoms with Crippen LogP contribution in [-0.2, 0) is 14.3 Å². The van der Waals surface area contributed by atoms with E-state index in [2.05, 4.69) is 15.6 Å². The number of nitrogens with one attached hydrogen (secondary N) is 2. The van der Waals surface area contributed by atoms with Crippen molar-refractivity contribution in [1.82, 2.24) is 10.6 Å². The van der Waals surface area contributed by atoms with Gasteiger partial charge in [0.1, 0.15) is 0 Å². The molecule has 1 fully saturated rings. The highest BCUT2D eigenvalue weighted by atomic mass is 32.2. The molecule has 16 heavy (non-hydrogen) atoms. The second-order valence-electron chi connectivity index (χ2n) is 3.84. The van der Waals surface area contributed by atoms with Crippen LogP contribution in [0.25, 0.3) is 0 Å². The van der Waals surface area contributed by atoms with Gasteiger partial charge in [0.15, 0.2) is 5.96 Å². The first-order valence-corrected chi connectivity index (χ1v) is 7.07. The van der Waals surface area contributed by atoms with Crippen LogP contribution in [0.2, 0.25) is 0 Å². The van der Waals surface area contributed by atoms with Crippen LogP contribution in [0.15, 0.2) is 4.99 Å². The fraction of sp³-hybridized carbons (Fsp3) is 0.889. The lowest BCUT2D eigenvalue weighted by molar-refractivity contribution is 0.193. The molecule has 1 rings (SSSR count). The molecule has 0 spiro atoms. The summed E-state index contributed by atoms with van der Waals surface area (Å²) in [7, 11) is 0.0375. The molecule has 1 aliphatic carbocycles. The summed E-state index contributed by atoms with van der Waals surface area (Å²) in [6, 6.07) is 0.000810. The minimum atomic E-state index is -3.39. The van der Waals surface area contributed by atoms with Crippen LogP contribution in [0.3, 0.4) is 0 Å². The third kappa shape index (κ3) is 3.97. The predicted octanol–water partition coefficient (Wildman–Crippen LogP) is -0.321. The third-order valence-corrected chi connectivity index (χ3v) is 3.13. The molecule has 0 amide bonds. The number of aliphatic imine (C=N–C) groups is 1. The molecule has 2 N–H and O–H groups in total. The minimum absolute atomic E-state index is 0.000810. The standard InChI is InChI=1S/C9H19N3O3S/c1-10-9(11-2)12-7-5-4-6-8(7)15-16(3,13)14/h7-8H,4-6H2,1-3H3,(H2,10,11,12)/t7-,8+/m0/s1. The van der Waals surface area contributed by atoms with E-state index in [1.54, 1.807) is 14.1 Å². The van der Waals surface area contributed by atoms with E-state index in [0.717, 1.165) is 25.5 Å². The van der Waals surface area contributed by atoms with Crippen molar-refractivity contribution in [2.24, 2.45) is 4.99 Å². The van der Waals surface area contributed by atoms with Crippen molar-refractivity contribution in [3.63, 3.8) is 0 Å². The molecule has 0 radical (unpaired) electrons. The molecule has 7 heteroatoms. The molecule has 0 saturated heterocycles. The molecule has 1 aliphatic rings. The number of nitrogens with zero attached hydrogens (tertiary/aromatic N) is 1. The normalized spacial score (nSPS) is 26.8. The molecule has 0 unspecified atom stereocenters. The Morgan fingerprint density at radius 3 is 2.62 bits per heavy atom. The smallest absolute Gasteiger partial charge is 0.264 e. The summed E-state index contributed by atoms with van der Waals surface area (Å²) in [5.41, 5.74) is 0. The summed E-state index contributed by atoms with van der Waals surface area (Å²) in [6.07, 6.45) is 3.39. The highest BCUT2D eigenvalue weighted by Crippen LogP contribution is 2.23. The van der Waals surface area contributed by atoms with Gasteiger partial charge < -0.3 is 10.6 Å². The molecule has 0 aromatic carbocycles. The molecule has 2 atom stereocenters. The molecule has 0 bridgehead atoms. The Bertz CT molecular complexity index is 353. The largest absolute Gasteiger partial charge is 0.359 e. The van der Waals surface area contributed by atoms with Crippen molar-refractivity contribution in [3.05, 3.63) is 0 Å². The monoisotopic (exact) mass is 249 g/mol. The van der Waals surface area contributed by atoms with Gasteiger partial charge in [0.2, 0.25) is 0 Å². The van der Waals surface area contributed by atoms with Gasteiger partial charge in [-0.3, -0.25) is 9.18 Å². The van der Waals surface area contributed by atoms with Crippen LogP contribution < -0.4 is 10.6 Å². The van der Waals surface area contributed by atoms with Crippen LogP contribution in [0, 0.1) is 0 Å². The lowest BCUT2D eigenvalue weighted by Gasteiger charge is -2.21. The Kier molecular flexibility index (Phi) is 4.55. The van der Waals surface area contributed by atoms with Gasteiger partial charge in [-0.05, 0) is 19.3 Å². The average molecular weight is 249 g/mol. The van der Waals surface area contributed by atoms with Crippen molar-refractivity contribution in [3.8, 4) is 0 Å². The predicted molar refractivity (Wildman–Crippen MR) is 62.9 cm³/mol. The zero-order valence-electron chi connectivity index (χ0n) is 9.86. The summed E-state index contributed by atoms with van der Waals surface area (Å²) in [5, 5.41) is 6.03. The summed E-state index contributed by atoms with van der Waals surface area (Å²) in [5.74, 6) is 0.647. The second kappa shape index (κ2) is 5.49. The molecule has 94 valence electrons. The van der Waals surface area contributed by atoms with Crippen molar-refractivity contribution in [2.45, 2.75) is 31.4 Å². The Morgan fingerprint density at radius 2 is 2.12 bits per heavy atom. The van der Waals surface area contributed by atoms with Crippen molar-refractivity contribution in [2.75, 3.05) is 20.4 Å². The minimum Gasteiger partial charge on any atom is -0.359 e. The van der Waals surface area contributed by atoms with Gasteiger partial charge in [-0.15, -0.1) is 0 Å². The first-order chi connectivity index (χ1) is 7.46. The van der Waals surface area contributed by atoms with Gasteiger partial charge in [0.25, 0.3) is 10.1 Å². The SMILES string of the molecule is C/N=C(\NC)N[C@H]1CCC[C@H]1OS(C)(=O)=O. The van der Waals surface area contributed by atoms with Crippen molar-refractivity contribution >= 4 is 16.1 Å². The average Bonchev–Trinajstić information content (AvgIpc) is 2.59. The van der Waals surface area contributed by atoms with E-state index < -0.39 is 10.1 Å². The van der Waals surface area contributed by atoms with E-state index in [1.165, 1.54) is 0 Å². The Labute approximate surface area is 96.6 Å². The fourth-order valence-corrected chi connectivity index (χ4v) is 2.53. The summed E-state index contributed by atoms with van der Waals surface area (Å²) >= 11 is 0. The first kappa shape index (κ1) is 13.2. The van der Waals surface area contributed by atoms with Crippen LogP contribution in [0.1, 0.15) is 19.3 Å². The third-order valence-electron chi connectivity index (χ3n) is 2.53. The molecular formula is C9H19N3O3S. The lowest BCUT2D eigenvalue weighted by atomic mass is 10.2. The van der Waals surface area contributed by atoms with Crippen LogP contribution in [-0.4, -0.2) is 46.9 Å². The van der Waals surface area contributed by atoms with Crippen LogP contribution in [0.4, 0.5) is 0 Å². The van der Waals surface area contributed by atoms with Gasteiger partial charge in [0.05, 0.1) is 18.4 Å². The summed E-state index contributed by atoms with van der Waals surface area (Å²) in [6.45, 7) is 0. The molecule has 1 saturated carbocycles. The van der Waals surface area contributed by atoms with Crippen LogP contribution >= 0.6 is 0 Å². The number of rotatable bonds is 3. The van der Waals surface area contributed by atoms with Gasteiger partial charge in [-0.1, -0.05) is 0 Å². The molecule has 0 aliphatic heterocycles. The maximum Gasteiger partial charge on any atom is 0.264 e. The zero-order chi connectivity index (χ0) is 12.2. The number of hydrogen-bond donors (Lipinski definition) is 2.